The van der Waals surface area contributed by atoms with Gasteiger partial charge in [0.2, 0.25) is 0 Å². The van der Waals surface area contributed by atoms with Crippen molar-refractivity contribution in [1.29, 1.82) is 5.26 Å². The molecule has 1 N–H and O–H groups in total. The highest BCUT2D eigenvalue weighted by Crippen LogP contribution is 2.22. The van der Waals surface area contributed by atoms with Crippen molar-refractivity contribution >= 4 is 17.2 Å². The van der Waals surface area contributed by atoms with Crippen molar-refractivity contribution in [3.63, 3.8) is 0 Å². The third kappa shape index (κ3) is 3.82. The molecule has 0 aliphatic heterocycles. The van der Waals surface area contributed by atoms with Gasteiger partial charge in [-0.05, 0) is 47.5 Å². The van der Waals surface area contributed by atoms with Crippen LogP contribution in [0.15, 0.2) is 67.0 Å². The van der Waals surface area contributed by atoms with Crippen LogP contribution in [0.2, 0.25) is 5.02 Å². The highest BCUT2D eigenvalue weighted by atomic mass is 35.5. The van der Waals surface area contributed by atoms with E-state index in [1.807, 2.05) is 59.1 Å². The fourth-order valence-corrected chi connectivity index (χ4v) is 3.21. The second kappa shape index (κ2) is 7.58. The SMILES string of the molecule is N#Cc1ccc(-c2cc(CNCc3cccc(Cl)c3)cc3ncnn23)cc1. The lowest BCUT2D eigenvalue weighted by Gasteiger charge is -2.10. The number of pyridine rings is 1. The van der Waals surface area contributed by atoms with Crippen molar-refractivity contribution in [2.24, 2.45) is 0 Å². The number of nitrogens with one attached hydrogen (secondary N) is 1. The summed E-state index contributed by atoms with van der Waals surface area (Å²) in [4.78, 5) is 4.33. The van der Waals surface area contributed by atoms with Crippen molar-refractivity contribution in [2.45, 2.75) is 13.1 Å². The summed E-state index contributed by atoms with van der Waals surface area (Å²) in [7, 11) is 0. The van der Waals surface area contributed by atoms with E-state index in [-0.39, 0.29) is 0 Å². The number of nitrogens with zero attached hydrogens (tertiary/aromatic N) is 4. The van der Waals surface area contributed by atoms with Gasteiger partial charge >= 0.3 is 0 Å². The number of rotatable bonds is 5. The summed E-state index contributed by atoms with van der Waals surface area (Å²) in [5, 5.41) is 17.5. The summed E-state index contributed by atoms with van der Waals surface area (Å²) in [6.45, 7) is 1.42. The standard InChI is InChI=1S/C21H16ClN5/c22-19-3-1-2-16(8-19)12-24-13-17-9-20(27-21(10-17)25-14-26-27)18-6-4-15(11-23)5-7-18/h1-10,14,24H,12-13H2. The Kier molecular flexibility index (Phi) is 4.84. The van der Waals surface area contributed by atoms with Gasteiger partial charge in [0.1, 0.15) is 6.33 Å². The van der Waals surface area contributed by atoms with E-state index in [2.05, 4.69) is 27.5 Å². The van der Waals surface area contributed by atoms with E-state index in [1.54, 1.807) is 6.33 Å². The largest absolute Gasteiger partial charge is 0.309 e. The lowest BCUT2D eigenvalue weighted by molar-refractivity contribution is 0.692. The predicted molar refractivity (Wildman–Crippen MR) is 105 cm³/mol. The fraction of sp³-hybridized carbons (Fsp3) is 0.0952. The molecular weight excluding hydrogens is 358 g/mol. The Morgan fingerprint density at radius 1 is 1.00 bits per heavy atom. The summed E-state index contributed by atoms with van der Waals surface area (Å²) in [6, 6.07) is 21.5. The maximum atomic E-state index is 9.00. The van der Waals surface area contributed by atoms with E-state index >= 15 is 0 Å². The Hall–Kier alpha value is -3.20. The average Bonchev–Trinajstić information content (AvgIpc) is 3.16. The van der Waals surface area contributed by atoms with E-state index in [1.165, 1.54) is 0 Å². The monoisotopic (exact) mass is 373 g/mol. The zero-order valence-electron chi connectivity index (χ0n) is 14.4. The van der Waals surface area contributed by atoms with E-state index in [9.17, 15) is 0 Å². The van der Waals surface area contributed by atoms with Crippen LogP contribution in [0.25, 0.3) is 16.9 Å². The summed E-state index contributed by atoms with van der Waals surface area (Å²) < 4.78 is 1.81. The van der Waals surface area contributed by atoms with Gasteiger partial charge in [0.15, 0.2) is 5.65 Å². The molecule has 4 rings (SSSR count). The van der Waals surface area contributed by atoms with Gasteiger partial charge in [-0.15, -0.1) is 0 Å². The molecule has 0 amide bonds. The minimum Gasteiger partial charge on any atom is -0.309 e. The molecule has 2 aromatic heterocycles. The highest BCUT2D eigenvalue weighted by Gasteiger charge is 2.08. The van der Waals surface area contributed by atoms with Gasteiger partial charge in [0.25, 0.3) is 0 Å². The minimum absolute atomic E-state index is 0.632. The molecule has 27 heavy (non-hydrogen) atoms. The van der Waals surface area contributed by atoms with Gasteiger partial charge < -0.3 is 5.32 Å². The first-order valence-corrected chi connectivity index (χ1v) is 8.89. The second-order valence-electron chi connectivity index (χ2n) is 6.20. The van der Waals surface area contributed by atoms with Crippen molar-refractivity contribution in [3.05, 3.63) is 88.7 Å². The topological polar surface area (TPSA) is 66.0 Å². The van der Waals surface area contributed by atoms with Crippen molar-refractivity contribution in [1.82, 2.24) is 19.9 Å². The highest BCUT2D eigenvalue weighted by molar-refractivity contribution is 6.30. The molecule has 0 saturated heterocycles. The van der Waals surface area contributed by atoms with Gasteiger partial charge in [-0.2, -0.15) is 10.4 Å². The molecule has 0 fully saturated rings. The van der Waals surface area contributed by atoms with Gasteiger partial charge in [0, 0.05) is 23.7 Å². The smallest absolute Gasteiger partial charge is 0.156 e. The van der Waals surface area contributed by atoms with Crippen molar-refractivity contribution in [3.8, 4) is 17.3 Å². The molecule has 0 aliphatic carbocycles. The predicted octanol–water partition coefficient (Wildman–Crippen LogP) is 4.21. The van der Waals surface area contributed by atoms with Crippen LogP contribution in [0, 0.1) is 11.3 Å². The van der Waals surface area contributed by atoms with Crippen LogP contribution in [-0.4, -0.2) is 14.6 Å². The Morgan fingerprint density at radius 2 is 1.81 bits per heavy atom. The van der Waals surface area contributed by atoms with Gasteiger partial charge in [0.05, 0.1) is 17.3 Å². The maximum Gasteiger partial charge on any atom is 0.156 e. The van der Waals surface area contributed by atoms with Crippen LogP contribution in [0.1, 0.15) is 16.7 Å². The van der Waals surface area contributed by atoms with Gasteiger partial charge in [-0.25, -0.2) is 9.50 Å². The molecule has 2 aromatic carbocycles. The van der Waals surface area contributed by atoms with Crippen LogP contribution >= 0.6 is 11.6 Å². The fourth-order valence-electron chi connectivity index (χ4n) is 3.00. The minimum atomic E-state index is 0.632. The zero-order chi connectivity index (χ0) is 18.6. The molecule has 6 heteroatoms. The summed E-state index contributed by atoms with van der Waals surface area (Å²) in [6.07, 6.45) is 1.55. The Labute approximate surface area is 161 Å². The van der Waals surface area contributed by atoms with E-state index in [0.29, 0.717) is 12.1 Å². The molecule has 0 unspecified atom stereocenters. The van der Waals surface area contributed by atoms with Crippen LogP contribution in [0.5, 0.6) is 0 Å². The molecular formula is C21H16ClN5. The number of hydrogen-bond donors (Lipinski definition) is 1. The Balaban J connectivity index is 1.59. The Bertz CT molecular complexity index is 1130. The lowest BCUT2D eigenvalue weighted by Crippen LogP contribution is -2.13. The number of fused-ring (bicyclic) bond motifs is 1. The van der Waals surface area contributed by atoms with E-state index in [4.69, 9.17) is 16.9 Å². The quantitative estimate of drug-likeness (QED) is 0.569. The number of benzene rings is 2. The van der Waals surface area contributed by atoms with Gasteiger partial charge in [-0.3, -0.25) is 0 Å². The molecule has 0 saturated carbocycles. The van der Waals surface area contributed by atoms with Crippen LogP contribution < -0.4 is 5.32 Å². The van der Waals surface area contributed by atoms with E-state index < -0.39 is 0 Å². The third-order valence-electron chi connectivity index (χ3n) is 4.30. The summed E-state index contributed by atoms with van der Waals surface area (Å²) >= 11 is 6.04. The lowest BCUT2D eigenvalue weighted by atomic mass is 10.1. The Morgan fingerprint density at radius 3 is 2.59 bits per heavy atom. The molecule has 0 aliphatic rings. The molecule has 5 nitrogen and oxygen atoms in total. The molecule has 4 aromatic rings. The molecule has 2 heterocycles. The number of aromatic nitrogens is 3. The van der Waals surface area contributed by atoms with Crippen LogP contribution in [0.3, 0.4) is 0 Å². The number of hydrogen-bond acceptors (Lipinski definition) is 4. The summed E-state index contributed by atoms with van der Waals surface area (Å²) in [5.41, 5.74) is 5.59. The molecule has 132 valence electrons. The number of nitriles is 1. The molecule has 0 atom stereocenters. The first kappa shape index (κ1) is 17.2. The third-order valence-corrected chi connectivity index (χ3v) is 4.53. The van der Waals surface area contributed by atoms with Crippen LogP contribution in [0.4, 0.5) is 0 Å². The van der Waals surface area contributed by atoms with Crippen LogP contribution in [-0.2, 0) is 13.1 Å². The van der Waals surface area contributed by atoms with Gasteiger partial charge in [-0.1, -0.05) is 35.9 Å². The van der Waals surface area contributed by atoms with Crippen molar-refractivity contribution in [2.75, 3.05) is 0 Å². The zero-order valence-corrected chi connectivity index (χ0v) is 15.2. The molecule has 0 bridgehead atoms. The second-order valence-corrected chi connectivity index (χ2v) is 6.64. The summed E-state index contributed by atoms with van der Waals surface area (Å²) in [5.74, 6) is 0. The average molecular weight is 374 g/mol. The first-order valence-electron chi connectivity index (χ1n) is 8.51. The molecule has 0 radical (unpaired) electrons. The first-order chi connectivity index (χ1) is 13.2. The molecule has 0 spiro atoms. The maximum absolute atomic E-state index is 9.00. The number of halogens is 1. The van der Waals surface area contributed by atoms with E-state index in [0.717, 1.165) is 39.6 Å². The van der Waals surface area contributed by atoms with Crippen molar-refractivity contribution < 1.29 is 0 Å². The normalized spacial score (nSPS) is 10.8.